The number of hydrogen-bond acceptors (Lipinski definition) is 5. The first-order valence-electron chi connectivity index (χ1n) is 10.7. The number of aliphatic hydroxyl groups excluding tert-OH is 1. The summed E-state index contributed by atoms with van der Waals surface area (Å²) in [5.41, 5.74) is -0.432. The lowest BCUT2D eigenvalue weighted by Gasteiger charge is -2.47. The molecule has 1 aromatic rings. The molecule has 3 aliphatic rings. The van der Waals surface area contributed by atoms with Crippen LogP contribution in [0.4, 0.5) is 0 Å². The van der Waals surface area contributed by atoms with Crippen LogP contribution in [0.15, 0.2) is 10.6 Å². The Bertz CT molecular complexity index is 738. The maximum Gasteiger partial charge on any atom is 0.276 e. The molecule has 1 atom stereocenters. The molecule has 0 radical (unpaired) electrons. The molecule has 1 unspecified atom stereocenters. The van der Waals surface area contributed by atoms with E-state index >= 15 is 0 Å². The van der Waals surface area contributed by atoms with E-state index in [2.05, 4.69) is 5.16 Å². The van der Waals surface area contributed by atoms with Crippen LogP contribution in [0, 0.1) is 0 Å². The molecule has 0 bridgehead atoms. The number of rotatable bonds is 3. The number of likely N-dealkylation sites (tertiary alicyclic amines) is 2. The number of aromatic nitrogens is 1. The van der Waals surface area contributed by atoms with Crippen molar-refractivity contribution in [3.05, 3.63) is 17.5 Å². The number of piperidine rings is 1. The normalized spacial score (nSPS) is 31.2. The Morgan fingerprint density at radius 1 is 1.21 bits per heavy atom. The monoisotopic (exact) mass is 389 g/mol. The van der Waals surface area contributed by atoms with E-state index in [1.54, 1.807) is 11.0 Å². The van der Waals surface area contributed by atoms with Crippen LogP contribution in [-0.2, 0) is 4.79 Å². The van der Waals surface area contributed by atoms with Gasteiger partial charge in [-0.3, -0.25) is 9.59 Å². The van der Waals surface area contributed by atoms with Crippen molar-refractivity contribution in [1.29, 1.82) is 0 Å². The largest absolute Gasteiger partial charge is 0.393 e. The molecule has 1 N–H and O–H groups in total. The minimum absolute atomic E-state index is 0.0959. The molecule has 1 aromatic heterocycles. The van der Waals surface area contributed by atoms with E-state index in [4.69, 9.17) is 4.52 Å². The molecule has 7 nitrogen and oxygen atoms in total. The van der Waals surface area contributed by atoms with Crippen LogP contribution in [0.25, 0.3) is 0 Å². The van der Waals surface area contributed by atoms with Gasteiger partial charge in [-0.15, -0.1) is 0 Å². The fourth-order valence-corrected chi connectivity index (χ4v) is 5.19. The van der Waals surface area contributed by atoms with Gasteiger partial charge < -0.3 is 19.4 Å². The van der Waals surface area contributed by atoms with E-state index in [9.17, 15) is 14.7 Å². The second-order valence-electron chi connectivity index (χ2n) is 8.93. The molecule has 1 aliphatic carbocycles. The quantitative estimate of drug-likeness (QED) is 0.859. The molecule has 0 aromatic carbocycles. The van der Waals surface area contributed by atoms with Gasteiger partial charge in [0.1, 0.15) is 11.3 Å². The van der Waals surface area contributed by atoms with Gasteiger partial charge in [-0.25, -0.2) is 0 Å². The SMILES string of the molecule is CC(C)c1cc(C(=O)N2CCCC23CCCN(C2CCC(O)CC2)C3=O)no1. The maximum atomic E-state index is 13.6. The fraction of sp³-hybridized carbons (Fsp3) is 0.762. The zero-order valence-corrected chi connectivity index (χ0v) is 16.9. The predicted octanol–water partition coefficient (Wildman–Crippen LogP) is 2.70. The van der Waals surface area contributed by atoms with Crippen molar-refractivity contribution in [2.45, 2.75) is 88.8 Å². The zero-order chi connectivity index (χ0) is 19.9. The molecule has 2 saturated heterocycles. The van der Waals surface area contributed by atoms with Gasteiger partial charge in [0.05, 0.1) is 6.10 Å². The summed E-state index contributed by atoms with van der Waals surface area (Å²) in [5.74, 6) is 0.755. The molecule has 1 spiro atoms. The minimum atomic E-state index is -0.734. The van der Waals surface area contributed by atoms with Gasteiger partial charge >= 0.3 is 0 Å². The first-order valence-corrected chi connectivity index (χ1v) is 10.7. The predicted molar refractivity (Wildman–Crippen MR) is 103 cm³/mol. The van der Waals surface area contributed by atoms with Gasteiger partial charge in [-0.2, -0.15) is 0 Å². The minimum Gasteiger partial charge on any atom is -0.393 e. The van der Waals surface area contributed by atoms with Crippen LogP contribution in [0.1, 0.15) is 87.4 Å². The molecular weight excluding hydrogens is 358 g/mol. The molecule has 28 heavy (non-hydrogen) atoms. The smallest absolute Gasteiger partial charge is 0.276 e. The van der Waals surface area contributed by atoms with E-state index < -0.39 is 5.54 Å². The van der Waals surface area contributed by atoms with Crippen LogP contribution < -0.4 is 0 Å². The molecule has 4 rings (SSSR count). The van der Waals surface area contributed by atoms with Crippen molar-refractivity contribution < 1.29 is 19.2 Å². The maximum absolute atomic E-state index is 13.6. The summed E-state index contributed by atoms with van der Waals surface area (Å²) in [5, 5.41) is 13.8. The highest BCUT2D eigenvalue weighted by Gasteiger charge is 2.54. The number of carbonyl (C=O) groups is 2. The highest BCUT2D eigenvalue weighted by molar-refractivity contribution is 5.99. The van der Waals surface area contributed by atoms with Crippen molar-refractivity contribution >= 4 is 11.8 Å². The summed E-state index contributed by atoms with van der Waals surface area (Å²) in [6.45, 7) is 5.34. The lowest BCUT2D eigenvalue weighted by molar-refractivity contribution is -0.149. The molecular formula is C21H31N3O4. The second-order valence-corrected chi connectivity index (χ2v) is 8.93. The fourth-order valence-electron chi connectivity index (χ4n) is 5.19. The summed E-state index contributed by atoms with van der Waals surface area (Å²) in [7, 11) is 0. The van der Waals surface area contributed by atoms with E-state index in [1.807, 2.05) is 18.7 Å². The molecule has 7 heteroatoms. The topological polar surface area (TPSA) is 86.9 Å². The number of nitrogens with zero attached hydrogens (tertiary/aromatic N) is 3. The van der Waals surface area contributed by atoms with Gasteiger partial charge in [-0.1, -0.05) is 19.0 Å². The van der Waals surface area contributed by atoms with Crippen LogP contribution in [0.2, 0.25) is 0 Å². The number of amides is 2. The summed E-state index contributed by atoms with van der Waals surface area (Å²) in [6.07, 6.45) is 6.14. The third-order valence-electron chi connectivity index (χ3n) is 6.81. The Balaban J connectivity index is 1.56. The summed E-state index contributed by atoms with van der Waals surface area (Å²) in [4.78, 5) is 30.6. The number of carbonyl (C=O) groups excluding carboxylic acids is 2. The lowest BCUT2D eigenvalue weighted by atomic mass is 9.82. The molecule has 1 saturated carbocycles. The molecule has 2 amide bonds. The van der Waals surface area contributed by atoms with E-state index in [0.717, 1.165) is 57.9 Å². The van der Waals surface area contributed by atoms with Gasteiger partial charge in [0.25, 0.3) is 5.91 Å². The average Bonchev–Trinajstić information content (AvgIpc) is 3.33. The zero-order valence-electron chi connectivity index (χ0n) is 16.9. The number of aliphatic hydroxyl groups is 1. The molecule has 2 aliphatic heterocycles. The molecule has 3 fully saturated rings. The Labute approximate surface area is 166 Å². The van der Waals surface area contributed by atoms with Gasteiger partial charge in [0.2, 0.25) is 5.91 Å². The van der Waals surface area contributed by atoms with Crippen LogP contribution >= 0.6 is 0 Å². The summed E-state index contributed by atoms with van der Waals surface area (Å²) >= 11 is 0. The summed E-state index contributed by atoms with van der Waals surface area (Å²) < 4.78 is 5.32. The third-order valence-corrected chi connectivity index (χ3v) is 6.81. The standard InChI is InChI=1S/C21H31N3O4/c1-14(2)18-13-17(22-28-18)19(26)24-12-4-10-21(24)9-3-11-23(20(21)27)15-5-7-16(25)8-6-15/h13-16,25H,3-12H2,1-2H3. The second kappa shape index (κ2) is 7.50. The van der Waals surface area contributed by atoms with Crippen LogP contribution in [0.3, 0.4) is 0 Å². The Hall–Kier alpha value is -1.89. The molecule has 154 valence electrons. The van der Waals surface area contributed by atoms with Crippen molar-refractivity contribution in [2.75, 3.05) is 13.1 Å². The first kappa shape index (κ1) is 19.4. The lowest BCUT2D eigenvalue weighted by Crippen LogP contribution is -2.63. The van der Waals surface area contributed by atoms with E-state index in [0.29, 0.717) is 18.0 Å². The summed E-state index contributed by atoms with van der Waals surface area (Å²) in [6, 6.07) is 1.90. The highest BCUT2D eigenvalue weighted by Crippen LogP contribution is 2.41. The van der Waals surface area contributed by atoms with Crippen LogP contribution in [0.5, 0.6) is 0 Å². The van der Waals surface area contributed by atoms with E-state index in [1.165, 1.54) is 0 Å². The highest BCUT2D eigenvalue weighted by atomic mass is 16.5. The van der Waals surface area contributed by atoms with Gasteiger partial charge in [0.15, 0.2) is 5.69 Å². The van der Waals surface area contributed by atoms with Crippen molar-refractivity contribution in [2.24, 2.45) is 0 Å². The van der Waals surface area contributed by atoms with E-state index in [-0.39, 0.29) is 29.9 Å². The van der Waals surface area contributed by atoms with Crippen LogP contribution in [-0.4, -0.2) is 62.7 Å². The average molecular weight is 389 g/mol. The Morgan fingerprint density at radius 2 is 1.89 bits per heavy atom. The van der Waals surface area contributed by atoms with Crippen molar-refractivity contribution in [3.63, 3.8) is 0 Å². The Kier molecular flexibility index (Phi) is 5.21. The third kappa shape index (κ3) is 3.23. The number of hydrogen-bond donors (Lipinski definition) is 1. The molecule has 3 heterocycles. The first-order chi connectivity index (χ1) is 13.4. The van der Waals surface area contributed by atoms with Gasteiger partial charge in [-0.05, 0) is 51.4 Å². The van der Waals surface area contributed by atoms with Crippen molar-refractivity contribution in [1.82, 2.24) is 15.0 Å². The van der Waals surface area contributed by atoms with Gasteiger partial charge in [0, 0.05) is 31.1 Å². The Morgan fingerprint density at radius 3 is 2.54 bits per heavy atom. The van der Waals surface area contributed by atoms with Crippen molar-refractivity contribution in [3.8, 4) is 0 Å².